The molecule has 3 N–H and O–H groups in total. The number of aromatic nitrogens is 1. The quantitative estimate of drug-likeness (QED) is 0.737. The maximum atomic E-state index is 11.9. The zero-order valence-corrected chi connectivity index (χ0v) is 11.4. The number of hydrogen-bond acceptors (Lipinski definition) is 5. The maximum Gasteiger partial charge on any atom is 0.251 e. The molecule has 102 valence electrons. The standard InChI is InChI=1S/C13H18N4O2/c1-8-4-9(6-14)5-10(15-8)17-7-11(18)16-12(19)13(17,2)3/h4-5H,6-7,14H2,1-3H3,(H,16,18,19). The van der Waals surface area contributed by atoms with E-state index in [9.17, 15) is 9.59 Å². The van der Waals surface area contributed by atoms with Gasteiger partial charge in [-0.3, -0.25) is 14.9 Å². The summed E-state index contributed by atoms with van der Waals surface area (Å²) in [6.45, 7) is 5.90. The monoisotopic (exact) mass is 262 g/mol. The number of anilines is 1. The van der Waals surface area contributed by atoms with Crippen LogP contribution < -0.4 is 16.0 Å². The number of aryl methyl sites for hydroxylation is 1. The highest BCUT2D eigenvalue weighted by Gasteiger charge is 2.41. The van der Waals surface area contributed by atoms with Crippen molar-refractivity contribution in [2.45, 2.75) is 32.9 Å². The van der Waals surface area contributed by atoms with Crippen LogP contribution in [0.5, 0.6) is 0 Å². The zero-order chi connectivity index (χ0) is 14.2. The molecule has 0 aliphatic carbocycles. The minimum Gasteiger partial charge on any atom is -0.333 e. The van der Waals surface area contributed by atoms with Gasteiger partial charge in [-0.2, -0.15) is 0 Å². The fourth-order valence-electron chi connectivity index (χ4n) is 2.13. The van der Waals surface area contributed by atoms with Crippen LogP contribution in [0.25, 0.3) is 0 Å². The molecule has 6 nitrogen and oxygen atoms in total. The van der Waals surface area contributed by atoms with Crippen LogP contribution in [0.1, 0.15) is 25.1 Å². The second-order valence-corrected chi connectivity index (χ2v) is 5.20. The number of rotatable bonds is 2. The highest BCUT2D eigenvalue weighted by Crippen LogP contribution is 2.25. The second-order valence-electron chi connectivity index (χ2n) is 5.20. The summed E-state index contributed by atoms with van der Waals surface area (Å²) in [5.41, 5.74) is 6.57. The summed E-state index contributed by atoms with van der Waals surface area (Å²) in [5.74, 6) is -0.0306. The van der Waals surface area contributed by atoms with E-state index in [4.69, 9.17) is 5.73 Å². The Labute approximate surface area is 112 Å². The first-order valence-electron chi connectivity index (χ1n) is 6.14. The largest absolute Gasteiger partial charge is 0.333 e. The summed E-state index contributed by atoms with van der Waals surface area (Å²) in [4.78, 5) is 29.6. The Kier molecular flexibility index (Phi) is 3.28. The van der Waals surface area contributed by atoms with Crippen LogP contribution in [0, 0.1) is 6.92 Å². The van der Waals surface area contributed by atoms with Gasteiger partial charge in [0, 0.05) is 12.2 Å². The van der Waals surface area contributed by atoms with Gasteiger partial charge in [-0.05, 0) is 38.5 Å². The number of pyridine rings is 1. The normalized spacial score (nSPS) is 18.4. The number of nitrogens with zero attached hydrogens (tertiary/aromatic N) is 2. The molecule has 6 heteroatoms. The van der Waals surface area contributed by atoms with E-state index in [0.29, 0.717) is 12.4 Å². The van der Waals surface area contributed by atoms with E-state index in [-0.39, 0.29) is 18.4 Å². The molecule has 1 saturated heterocycles. The molecule has 1 aliphatic heterocycles. The molecule has 1 aliphatic rings. The van der Waals surface area contributed by atoms with Crippen molar-refractivity contribution in [3.05, 3.63) is 23.4 Å². The fraction of sp³-hybridized carbons (Fsp3) is 0.462. The average molecular weight is 262 g/mol. The minimum atomic E-state index is -0.819. The number of amides is 2. The molecule has 1 fully saturated rings. The Bertz CT molecular complexity index is 539. The lowest BCUT2D eigenvalue weighted by Crippen LogP contribution is -2.64. The molecule has 0 bridgehead atoms. The summed E-state index contributed by atoms with van der Waals surface area (Å²) in [6, 6.07) is 3.71. The van der Waals surface area contributed by atoms with Crippen LogP contribution in [0.4, 0.5) is 5.82 Å². The van der Waals surface area contributed by atoms with Gasteiger partial charge in [0.1, 0.15) is 11.4 Å². The number of imide groups is 1. The third kappa shape index (κ3) is 2.44. The summed E-state index contributed by atoms with van der Waals surface area (Å²) in [6.07, 6.45) is 0. The van der Waals surface area contributed by atoms with Crippen LogP contribution in [0.3, 0.4) is 0 Å². The average Bonchev–Trinajstić information content (AvgIpc) is 2.33. The SMILES string of the molecule is Cc1cc(CN)cc(N2CC(=O)NC(=O)C2(C)C)n1. The second kappa shape index (κ2) is 4.62. The molecule has 0 radical (unpaired) electrons. The molecule has 2 heterocycles. The highest BCUT2D eigenvalue weighted by atomic mass is 16.2. The number of carbonyl (C=O) groups is 2. The molecule has 19 heavy (non-hydrogen) atoms. The lowest BCUT2D eigenvalue weighted by Gasteiger charge is -2.41. The number of piperazine rings is 1. The first-order valence-corrected chi connectivity index (χ1v) is 6.14. The van der Waals surface area contributed by atoms with Gasteiger partial charge in [0.25, 0.3) is 5.91 Å². The van der Waals surface area contributed by atoms with Gasteiger partial charge in [0.05, 0.1) is 6.54 Å². The van der Waals surface area contributed by atoms with Crippen molar-refractivity contribution in [2.75, 3.05) is 11.4 Å². The molecular formula is C13H18N4O2. The van der Waals surface area contributed by atoms with Gasteiger partial charge < -0.3 is 10.6 Å². The smallest absolute Gasteiger partial charge is 0.251 e. The number of nitrogens with two attached hydrogens (primary N) is 1. The Morgan fingerprint density at radius 2 is 2.11 bits per heavy atom. The van der Waals surface area contributed by atoms with Crippen molar-refractivity contribution in [1.29, 1.82) is 0 Å². The Morgan fingerprint density at radius 3 is 2.74 bits per heavy atom. The van der Waals surface area contributed by atoms with E-state index in [1.165, 1.54) is 0 Å². The van der Waals surface area contributed by atoms with Crippen molar-refractivity contribution in [3.63, 3.8) is 0 Å². The predicted octanol–water partition coefficient (Wildman–Crippen LogP) is 0.0901. The number of hydrogen-bond donors (Lipinski definition) is 2. The van der Waals surface area contributed by atoms with Crippen LogP contribution in [0.15, 0.2) is 12.1 Å². The van der Waals surface area contributed by atoms with Gasteiger partial charge in [-0.15, -0.1) is 0 Å². The third-order valence-electron chi connectivity index (χ3n) is 3.30. The highest BCUT2D eigenvalue weighted by molar-refractivity contribution is 6.06. The fourth-order valence-corrected chi connectivity index (χ4v) is 2.13. The molecular weight excluding hydrogens is 244 g/mol. The molecule has 1 aromatic rings. The van der Waals surface area contributed by atoms with E-state index in [1.807, 2.05) is 19.1 Å². The molecule has 0 unspecified atom stereocenters. The van der Waals surface area contributed by atoms with Gasteiger partial charge >= 0.3 is 0 Å². The Hall–Kier alpha value is -1.95. The summed E-state index contributed by atoms with van der Waals surface area (Å²) in [5, 5.41) is 2.34. The minimum absolute atomic E-state index is 0.110. The van der Waals surface area contributed by atoms with Crippen LogP contribution in [-0.4, -0.2) is 28.9 Å². The van der Waals surface area contributed by atoms with Gasteiger partial charge in [0.2, 0.25) is 5.91 Å². The van der Waals surface area contributed by atoms with Gasteiger partial charge in [0.15, 0.2) is 0 Å². The molecule has 0 atom stereocenters. The van der Waals surface area contributed by atoms with Crippen molar-refractivity contribution >= 4 is 17.6 Å². The molecule has 2 rings (SSSR count). The number of nitrogens with one attached hydrogen (secondary N) is 1. The summed E-state index contributed by atoms with van der Waals surface area (Å²) in [7, 11) is 0. The van der Waals surface area contributed by atoms with Crippen LogP contribution in [-0.2, 0) is 16.1 Å². The zero-order valence-electron chi connectivity index (χ0n) is 11.4. The van der Waals surface area contributed by atoms with E-state index >= 15 is 0 Å². The summed E-state index contributed by atoms with van der Waals surface area (Å²) < 4.78 is 0. The van der Waals surface area contributed by atoms with Crippen molar-refractivity contribution in [3.8, 4) is 0 Å². The first-order chi connectivity index (χ1) is 8.84. The van der Waals surface area contributed by atoms with Crippen LogP contribution in [0.2, 0.25) is 0 Å². The predicted molar refractivity (Wildman–Crippen MR) is 71.4 cm³/mol. The van der Waals surface area contributed by atoms with Crippen molar-refractivity contribution in [1.82, 2.24) is 10.3 Å². The molecule has 2 amide bonds. The van der Waals surface area contributed by atoms with E-state index in [0.717, 1.165) is 11.3 Å². The van der Waals surface area contributed by atoms with Gasteiger partial charge in [-0.1, -0.05) is 0 Å². The lowest BCUT2D eigenvalue weighted by atomic mass is 9.98. The molecule has 1 aromatic heterocycles. The van der Waals surface area contributed by atoms with Crippen molar-refractivity contribution < 1.29 is 9.59 Å². The molecule has 0 saturated carbocycles. The maximum absolute atomic E-state index is 11.9. The first kappa shape index (κ1) is 13.5. The third-order valence-corrected chi connectivity index (χ3v) is 3.30. The Morgan fingerprint density at radius 1 is 1.42 bits per heavy atom. The molecule has 0 spiro atoms. The van der Waals surface area contributed by atoms with Gasteiger partial charge in [-0.25, -0.2) is 4.98 Å². The van der Waals surface area contributed by atoms with Crippen molar-refractivity contribution in [2.24, 2.45) is 5.73 Å². The number of carbonyl (C=O) groups excluding carboxylic acids is 2. The van der Waals surface area contributed by atoms with E-state index in [2.05, 4.69) is 10.3 Å². The Balaban J connectivity index is 2.46. The van der Waals surface area contributed by atoms with E-state index in [1.54, 1.807) is 18.7 Å². The summed E-state index contributed by atoms with van der Waals surface area (Å²) >= 11 is 0. The topological polar surface area (TPSA) is 88.3 Å². The van der Waals surface area contributed by atoms with E-state index < -0.39 is 5.54 Å². The lowest BCUT2D eigenvalue weighted by molar-refractivity contribution is -0.135. The molecule has 0 aromatic carbocycles. The van der Waals surface area contributed by atoms with Crippen LogP contribution >= 0.6 is 0 Å².